The predicted molar refractivity (Wildman–Crippen MR) is 112 cm³/mol. The van der Waals surface area contributed by atoms with Crippen LogP contribution < -0.4 is 10.1 Å². The van der Waals surface area contributed by atoms with Gasteiger partial charge in [0.25, 0.3) is 11.1 Å². The van der Waals surface area contributed by atoms with Crippen LogP contribution in [0.25, 0.3) is 6.08 Å². The zero-order valence-electron chi connectivity index (χ0n) is 14.9. The number of carbonyl (C=O) groups excluding carboxylic acids is 3. The number of benzene rings is 2. The largest absolute Gasteiger partial charge is 0.503 e. The molecule has 2 N–H and O–H groups in total. The van der Waals surface area contributed by atoms with Gasteiger partial charge in [-0.15, -0.1) is 0 Å². The Kier molecular flexibility index (Phi) is 6.36. The Hall–Kier alpha value is -2.68. The van der Waals surface area contributed by atoms with Crippen LogP contribution in [0.2, 0.25) is 10.0 Å². The van der Waals surface area contributed by atoms with E-state index in [-0.39, 0.29) is 21.4 Å². The number of methoxy groups -OCH3 is 1. The molecular formula is C19H14Cl2N2O5S. The standard InChI is InChI=1S/C19H14Cl2N2O5S/c1-28-14-7-10(6-13(21)17(14)25)8-15-18(26)23(19(27)29-15)9-16(24)22-12-4-2-11(20)3-5-12/h2-8,25H,9H2,1H3,(H,22,24)/b15-8-. The van der Waals surface area contributed by atoms with E-state index in [9.17, 15) is 19.5 Å². The highest BCUT2D eigenvalue weighted by molar-refractivity contribution is 8.18. The molecule has 0 aromatic heterocycles. The van der Waals surface area contributed by atoms with Gasteiger partial charge in [0.2, 0.25) is 5.91 Å². The third kappa shape index (κ3) is 4.84. The molecule has 150 valence electrons. The van der Waals surface area contributed by atoms with E-state index in [1.165, 1.54) is 25.3 Å². The fourth-order valence-corrected chi connectivity index (χ4v) is 3.68. The summed E-state index contributed by atoms with van der Waals surface area (Å²) in [5.41, 5.74) is 0.952. The molecule has 1 aliphatic heterocycles. The topological polar surface area (TPSA) is 95.9 Å². The van der Waals surface area contributed by atoms with Gasteiger partial charge in [-0.05, 0) is 59.8 Å². The van der Waals surface area contributed by atoms with Gasteiger partial charge in [-0.25, -0.2) is 0 Å². The third-order valence-corrected chi connectivity index (χ3v) is 5.32. The SMILES string of the molecule is COc1cc(/C=C2\SC(=O)N(CC(=O)Nc3ccc(Cl)cc3)C2=O)cc(Cl)c1O. The number of amides is 3. The highest BCUT2D eigenvalue weighted by Crippen LogP contribution is 2.37. The lowest BCUT2D eigenvalue weighted by Crippen LogP contribution is -2.36. The molecule has 0 aliphatic carbocycles. The van der Waals surface area contributed by atoms with Crippen LogP contribution in [0, 0.1) is 0 Å². The summed E-state index contributed by atoms with van der Waals surface area (Å²) in [6, 6.07) is 9.34. The van der Waals surface area contributed by atoms with Gasteiger partial charge < -0.3 is 15.2 Å². The van der Waals surface area contributed by atoms with Crippen molar-refractivity contribution in [3.63, 3.8) is 0 Å². The fraction of sp³-hybridized carbons (Fsp3) is 0.105. The monoisotopic (exact) mass is 452 g/mol. The number of hydrogen-bond donors (Lipinski definition) is 2. The first-order valence-corrected chi connectivity index (χ1v) is 9.73. The first-order chi connectivity index (χ1) is 13.8. The second-order valence-electron chi connectivity index (χ2n) is 5.88. The Morgan fingerprint density at radius 1 is 1.24 bits per heavy atom. The van der Waals surface area contributed by atoms with E-state index in [4.69, 9.17) is 27.9 Å². The second-order valence-corrected chi connectivity index (χ2v) is 7.71. The number of ether oxygens (including phenoxy) is 1. The van der Waals surface area contributed by atoms with Gasteiger partial charge in [-0.1, -0.05) is 23.2 Å². The highest BCUT2D eigenvalue weighted by Gasteiger charge is 2.36. The highest BCUT2D eigenvalue weighted by atomic mass is 35.5. The van der Waals surface area contributed by atoms with Gasteiger partial charge in [-0.2, -0.15) is 0 Å². The number of anilines is 1. The molecule has 2 aromatic carbocycles. The van der Waals surface area contributed by atoms with Gasteiger partial charge in [0.05, 0.1) is 17.0 Å². The summed E-state index contributed by atoms with van der Waals surface area (Å²) in [5, 5.41) is 12.4. The summed E-state index contributed by atoms with van der Waals surface area (Å²) in [5.74, 6) is -1.22. The van der Waals surface area contributed by atoms with Crippen LogP contribution in [0.1, 0.15) is 5.56 Å². The zero-order chi connectivity index (χ0) is 21.1. The number of phenols is 1. The summed E-state index contributed by atoms with van der Waals surface area (Å²) in [6.45, 7) is -0.426. The van der Waals surface area contributed by atoms with E-state index in [0.717, 1.165) is 4.90 Å². The van der Waals surface area contributed by atoms with Crippen LogP contribution in [0.3, 0.4) is 0 Å². The van der Waals surface area contributed by atoms with Crippen molar-refractivity contribution < 1.29 is 24.2 Å². The van der Waals surface area contributed by atoms with Crippen molar-refractivity contribution in [2.75, 3.05) is 19.0 Å². The normalized spacial score (nSPS) is 15.1. The number of thioether (sulfide) groups is 1. The molecule has 10 heteroatoms. The van der Waals surface area contributed by atoms with Gasteiger partial charge >= 0.3 is 0 Å². The van der Waals surface area contributed by atoms with Crippen LogP contribution >= 0.6 is 35.0 Å². The van der Waals surface area contributed by atoms with E-state index >= 15 is 0 Å². The molecule has 0 unspecified atom stereocenters. The molecular weight excluding hydrogens is 439 g/mol. The molecule has 3 rings (SSSR count). The van der Waals surface area contributed by atoms with E-state index in [1.807, 2.05) is 0 Å². The van der Waals surface area contributed by atoms with Crippen molar-refractivity contribution in [3.8, 4) is 11.5 Å². The van der Waals surface area contributed by atoms with Crippen molar-refractivity contribution >= 4 is 63.8 Å². The molecule has 2 aromatic rings. The Bertz CT molecular complexity index is 1020. The van der Waals surface area contributed by atoms with E-state index in [2.05, 4.69) is 5.32 Å². The van der Waals surface area contributed by atoms with Crippen molar-refractivity contribution in [3.05, 3.63) is 56.9 Å². The molecule has 1 saturated heterocycles. The number of halogens is 2. The molecule has 0 bridgehead atoms. The Morgan fingerprint density at radius 3 is 2.59 bits per heavy atom. The molecule has 7 nitrogen and oxygen atoms in total. The maximum atomic E-state index is 12.6. The van der Waals surface area contributed by atoms with Gasteiger partial charge in [0.1, 0.15) is 6.54 Å². The van der Waals surface area contributed by atoms with Crippen molar-refractivity contribution in [2.24, 2.45) is 0 Å². The number of aromatic hydroxyl groups is 1. The summed E-state index contributed by atoms with van der Waals surface area (Å²) >= 11 is 12.4. The lowest BCUT2D eigenvalue weighted by atomic mass is 10.2. The van der Waals surface area contributed by atoms with Gasteiger partial charge in [-0.3, -0.25) is 19.3 Å². The van der Waals surface area contributed by atoms with Gasteiger partial charge in [0, 0.05) is 10.7 Å². The summed E-state index contributed by atoms with van der Waals surface area (Å²) < 4.78 is 5.02. The minimum atomic E-state index is -0.602. The number of imide groups is 1. The number of phenolic OH excluding ortho intramolecular Hbond substituents is 1. The number of carbonyl (C=O) groups is 3. The number of rotatable bonds is 5. The molecule has 1 heterocycles. The van der Waals surface area contributed by atoms with Gasteiger partial charge in [0.15, 0.2) is 11.5 Å². The van der Waals surface area contributed by atoms with Crippen molar-refractivity contribution in [2.45, 2.75) is 0 Å². The van der Waals surface area contributed by atoms with Crippen LogP contribution in [-0.4, -0.2) is 40.7 Å². The lowest BCUT2D eigenvalue weighted by Gasteiger charge is -2.12. The molecule has 1 fully saturated rings. The lowest BCUT2D eigenvalue weighted by molar-refractivity contribution is -0.127. The number of nitrogens with one attached hydrogen (secondary N) is 1. The van der Waals surface area contributed by atoms with Crippen LogP contribution in [0.4, 0.5) is 10.5 Å². The summed E-state index contributed by atoms with van der Waals surface area (Å²) in [7, 11) is 1.36. The van der Waals surface area contributed by atoms with Crippen LogP contribution in [0.15, 0.2) is 41.3 Å². The number of hydrogen-bond acceptors (Lipinski definition) is 6. The fourth-order valence-electron chi connectivity index (χ4n) is 2.50. The average Bonchev–Trinajstić information content (AvgIpc) is 2.93. The van der Waals surface area contributed by atoms with Crippen molar-refractivity contribution in [1.82, 2.24) is 4.90 Å². The molecule has 0 saturated carbocycles. The molecule has 1 aliphatic rings. The van der Waals surface area contributed by atoms with E-state index in [1.54, 1.807) is 24.3 Å². The summed E-state index contributed by atoms with van der Waals surface area (Å²) in [6.07, 6.45) is 1.44. The molecule has 0 radical (unpaired) electrons. The molecule has 0 spiro atoms. The Morgan fingerprint density at radius 2 is 1.93 bits per heavy atom. The summed E-state index contributed by atoms with van der Waals surface area (Å²) in [4.78, 5) is 37.9. The maximum Gasteiger partial charge on any atom is 0.294 e. The first kappa shape index (κ1) is 21.0. The quantitative estimate of drug-likeness (QED) is 0.653. The smallest absolute Gasteiger partial charge is 0.294 e. The Balaban J connectivity index is 1.74. The van der Waals surface area contributed by atoms with Crippen LogP contribution in [0.5, 0.6) is 11.5 Å². The Labute approximate surface area is 180 Å². The molecule has 0 atom stereocenters. The molecule has 29 heavy (non-hydrogen) atoms. The molecule has 3 amide bonds. The average molecular weight is 453 g/mol. The third-order valence-electron chi connectivity index (χ3n) is 3.87. The second kappa shape index (κ2) is 8.77. The van der Waals surface area contributed by atoms with Crippen molar-refractivity contribution in [1.29, 1.82) is 0 Å². The minimum Gasteiger partial charge on any atom is -0.503 e. The first-order valence-electron chi connectivity index (χ1n) is 8.15. The zero-order valence-corrected chi connectivity index (χ0v) is 17.3. The maximum absolute atomic E-state index is 12.6. The van der Waals surface area contributed by atoms with E-state index in [0.29, 0.717) is 28.0 Å². The predicted octanol–water partition coefficient (Wildman–Crippen LogP) is 4.38. The number of nitrogens with zero attached hydrogens (tertiary/aromatic N) is 1. The van der Waals surface area contributed by atoms with Crippen LogP contribution in [-0.2, 0) is 9.59 Å². The minimum absolute atomic E-state index is 0.0390. The van der Waals surface area contributed by atoms with E-state index < -0.39 is 23.6 Å².